The Kier molecular flexibility index (Phi) is 4.00. The zero-order valence-corrected chi connectivity index (χ0v) is 13.5. The van der Waals surface area contributed by atoms with Gasteiger partial charge in [-0.05, 0) is 32.0 Å². The molecule has 3 rings (SSSR count). The van der Waals surface area contributed by atoms with Gasteiger partial charge in [0.15, 0.2) is 5.69 Å². The number of rotatable bonds is 2. The molecule has 1 amide bonds. The zero-order valence-electron chi connectivity index (χ0n) is 13.5. The van der Waals surface area contributed by atoms with Gasteiger partial charge in [0.1, 0.15) is 0 Å². The molecule has 23 heavy (non-hydrogen) atoms. The molecule has 0 fully saturated rings. The first-order chi connectivity index (χ1) is 11.0. The standard InChI is InChI=1S/C17H20N4O2/c1-10-11(2)19-16(22)15(18-10)17(23)20-14-9-21(3)8-12-6-4-5-7-13(12)14/h4-7,14H,8-9H2,1-3H3,(H,19,22)(H,20,23). The molecule has 1 aliphatic rings. The molecule has 1 aromatic carbocycles. The van der Waals surface area contributed by atoms with Gasteiger partial charge in [-0.25, -0.2) is 4.98 Å². The third-order valence-electron chi connectivity index (χ3n) is 4.22. The summed E-state index contributed by atoms with van der Waals surface area (Å²) in [4.78, 5) is 33.4. The highest BCUT2D eigenvalue weighted by Gasteiger charge is 2.26. The van der Waals surface area contributed by atoms with Gasteiger partial charge in [-0.3, -0.25) is 14.5 Å². The maximum absolute atomic E-state index is 12.5. The number of hydrogen-bond donors (Lipinski definition) is 2. The fourth-order valence-corrected chi connectivity index (χ4v) is 2.91. The normalized spacial score (nSPS) is 17.6. The smallest absolute Gasteiger partial charge is 0.279 e. The minimum atomic E-state index is -0.456. The van der Waals surface area contributed by atoms with Gasteiger partial charge in [-0.15, -0.1) is 0 Å². The monoisotopic (exact) mass is 312 g/mol. The van der Waals surface area contributed by atoms with Crippen molar-refractivity contribution in [2.24, 2.45) is 0 Å². The van der Waals surface area contributed by atoms with E-state index in [9.17, 15) is 9.59 Å². The van der Waals surface area contributed by atoms with Gasteiger partial charge in [0.05, 0.1) is 11.7 Å². The second kappa shape index (κ2) is 5.96. The number of nitrogens with one attached hydrogen (secondary N) is 2. The molecule has 2 aromatic rings. The van der Waals surface area contributed by atoms with Gasteiger partial charge in [0.2, 0.25) is 0 Å². The van der Waals surface area contributed by atoms with Gasteiger partial charge in [0.25, 0.3) is 11.5 Å². The Labute approximate surface area is 134 Å². The molecule has 120 valence electrons. The molecule has 6 heteroatoms. The van der Waals surface area contributed by atoms with Crippen LogP contribution in [0.4, 0.5) is 0 Å². The summed E-state index contributed by atoms with van der Waals surface area (Å²) in [5.74, 6) is -0.440. The Bertz CT molecular complexity index is 812. The first-order valence-corrected chi connectivity index (χ1v) is 7.60. The number of amides is 1. The van der Waals surface area contributed by atoms with Crippen LogP contribution in [0.3, 0.4) is 0 Å². The lowest BCUT2D eigenvalue weighted by Crippen LogP contribution is -2.42. The summed E-state index contributed by atoms with van der Waals surface area (Å²) in [5, 5.41) is 2.95. The van der Waals surface area contributed by atoms with Crippen LogP contribution in [0.15, 0.2) is 29.1 Å². The highest BCUT2D eigenvalue weighted by atomic mass is 16.2. The molecule has 2 N–H and O–H groups in total. The summed E-state index contributed by atoms with van der Waals surface area (Å²) in [6, 6.07) is 7.88. The van der Waals surface area contributed by atoms with Crippen molar-refractivity contribution in [2.75, 3.05) is 13.6 Å². The van der Waals surface area contributed by atoms with Crippen molar-refractivity contribution in [3.63, 3.8) is 0 Å². The predicted molar refractivity (Wildman–Crippen MR) is 87.3 cm³/mol. The van der Waals surface area contributed by atoms with Crippen molar-refractivity contribution in [1.29, 1.82) is 0 Å². The van der Waals surface area contributed by atoms with Crippen LogP contribution < -0.4 is 10.9 Å². The number of carbonyl (C=O) groups excluding carboxylic acids is 1. The fourth-order valence-electron chi connectivity index (χ4n) is 2.91. The molecule has 0 aliphatic carbocycles. The van der Waals surface area contributed by atoms with E-state index in [0.29, 0.717) is 17.9 Å². The quantitative estimate of drug-likeness (QED) is 0.876. The number of fused-ring (bicyclic) bond motifs is 1. The first-order valence-electron chi connectivity index (χ1n) is 7.60. The van der Waals surface area contributed by atoms with Crippen molar-refractivity contribution in [2.45, 2.75) is 26.4 Å². The summed E-state index contributed by atoms with van der Waals surface area (Å²) in [5.41, 5.74) is 3.07. The molecule has 1 unspecified atom stereocenters. The van der Waals surface area contributed by atoms with Crippen molar-refractivity contribution in [1.82, 2.24) is 20.2 Å². The average molecular weight is 312 g/mol. The molecule has 1 aromatic heterocycles. The molecule has 2 heterocycles. The predicted octanol–water partition coefficient (Wildman–Crippen LogP) is 1.30. The number of likely N-dealkylation sites (N-methyl/N-ethyl adjacent to an activating group) is 1. The van der Waals surface area contributed by atoms with E-state index in [-0.39, 0.29) is 11.7 Å². The second-order valence-electron chi connectivity index (χ2n) is 6.05. The highest BCUT2D eigenvalue weighted by Crippen LogP contribution is 2.25. The fraction of sp³-hybridized carbons (Fsp3) is 0.353. The van der Waals surface area contributed by atoms with E-state index in [1.165, 1.54) is 5.56 Å². The van der Waals surface area contributed by atoms with E-state index in [1.54, 1.807) is 13.8 Å². The van der Waals surface area contributed by atoms with E-state index in [1.807, 2.05) is 25.2 Å². The van der Waals surface area contributed by atoms with E-state index >= 15 is 0 Å². The summed E-state index contributed by atoms with van der Waals surface area (Å²) in [6.07, 6.45) is 0. The largest absolute Gasteiger partial charge is 0.342 e. The van der Waals surface area contributed by atoms with Crippen LogP contribution >= 0.6 is 0 Å². The number of aryl methyl sites for hydroxylation is 2. The highest BCUT2D eigenvalue weighted by molar-refractivity contribution is 5.92. The van der Waals surface area contributed by atoms with Crippen molar-refractivity contribution < 1.29 is 4.79 Å². The SMILES string of the molecule is Cc1nc(C(=O)NC2CN(C)Cc3ccccc32)c(=O)[nH]c1C. The number of aromatic amines is 1. The number of carbonyl (C=O) groups is 1. The van der Waals surface area contributed by atoms with Crippen LogP contribution in [0.5, 0.6) is 0 Å². The molecule has 0 saturated carbocycles. The van der Waals surface area contributed by atoms with Crippen LogP contribution in [0.1, 0.15) is 39.0 Å². The maximum Gasteiger partial charge on any atom is 0.279 e. The minimum Gasteiger partial charge on any atom is -0.342 e. The summed E-state index contributed by atoms with van der Waals surface area (Å²) in [6.45, 7) is 5.08. The number of H-pyrrole nitrogens is 1. The number of nitrogens with zero attached hydrogens (tertiary/aromatic N) is 2. The van der Waals surface area contributed by atoms with Gasteiger partial charge < -0.3 is 10.3 Å². The second-order valence-corrected chi connectivity index (χ2v) is 6.05. The molecule has 0 saturated heterocycles. The zero-order chi connectivity index (χ0) is 16.6. The van der Waals surface area contributed by atoms with Crippen molar-refractivity contribution in [3.05, 3.63) is 62.8 Å². The Morgan fingerprint density at radius 3 is 2.87 bits per heavy atom. The molecular formula is C17H20N4O2. The molecule has 0 bridgehead atoms. The van der Waals surface area contributed by atoms with Gasteiger partial charge >= 0.3 is 0 Å². The van der Waals surface area contributed by atoms with Crippen LogP contribution in [0.25, 0.3) is 0 Å². The summed E-state index contributed by atoms with van der Waals surface area (Å²) < 4.78 is 0. The third kappa shape index (κ3) is 3.03. The molecular weight excluding hydrogens is 292 g/mol. The van der Waals surface area contributed by atoms with Gasteiger partial charge in [0, 0.05) is 18.8 Å². The number of aromatic nitrogens is 2. The van der Waals surface area contributed by atoms with E-state index in [4.69, 9.17) is 0 Å². The van der Waals surface area contributed by atoms with Crippen LogP contribution in [-0.2, 0) is 6.54 Å². The maximum atomic E-state index is 12.5. The lowest BCUT2D eigenvalue weighted by Gasteiger charge is -2.32. The van der Waals surface area contributed by atoms with E-state index < -0.39 is 11.5 Å². The van der Waals surface area contributed by atoms with Crippen LogP contribution in [0, 0.1) is 13.8 Å². The lowest BCUT2D eigenvalue weighted by molar-refractivity contribution is 0.0915. The number of hydrogen-bond acceptors (Lipinski definition) is 4. The van der Waals surface area contributed by atoms with E-state index in [2.05, 4.69) is 26.3 Å². The minimum absolute atomic E-state index is 0.0844. The molecule has 1 atom stereocenters. The Morgan fingerprint density at radius 2 is 2.09 bits per heavy atom. The first kappa shape index (κ1) is 15.4. The lowest BCUT2D eigenvalue weighted by atomic mass is 9.95. The summed E-state index contributed by atoms with van der Waals surface area (Å²) in [7, 11) is 2.01. The average Bonchev–Trinajstić information content (AvgIpc) is 2.50. The summed E-state index contributed by atoms with van der Waals surface area (Å²) >= 11 is 0. The Morgan fingerprint density at radius 1 is 1.35 bits per heavy atom. The van der Waals surface area contributed by atoms with Gasteiger partial charge in [-0.1, -0.05) is 24.3 Å². The molecule has 0 spiro atoms. The number of benzene rings is 1. The Hall–Kier alpha value is -2.47. The van der Waals surface area contributed by atoms with Crippen molar-refractivity contribution >= 4 is 5.91 Å². The topological polar surface area (TPSA) is 78.1 Å². The van der Waals surface area contributed by atoms with Gasteiger partial charge in [-0.2, -0.15) is 0 Å². The molecule has 6 nitrogen and oxygen atoms in total. The van der Waals surface area contributed by atoms with E-state index in [0.717, 1.165) is 12.1 Å². The third-order valence-corrected chi connectivity index (χ3v) is 4.22. The van der Waals surface area contributed by atoms with Crippen LogP contribution in [0.2, 0.25) is 0 Å². The van der Waals surface area contributed by atoms with Crippen LogP contribution in [-0.4, -0.2) is 34.4 Å². The van der Waals surface area contributed by atoms with Crippen molar-refractivity contribution in [3.8, 4) is 0 Å². The Balaban J connectivity index is 1.89. The molecule has 1 aliphatic heterocycles. The molecule has 0 radical (unpaired) electrons.